The summed E-state index contributed by atoms with van der Waals surface area (Å²) in [5.74, 6) is -0.0654. The summed E-state index contributed by atoms with van der Waals surface area (Å²) in [4.78, 5) is 24.6. The molecule has 0 aliphatic rings. The predicted molar refractivity (Wildman–Crippen MR) is 92.5 cm³/mol. The van der Waals surface area contributed by atoms with Crippen molar-refractivity contribution in [3.8, 4) is 0 Å². The first-order chi connectivity index (χ1) is 10.8. The Morgan fingerprint density at radius 2 is 1.78 bits per heavy atom. The Morgan fingerprint density at radius 1 is 1.13 bits per heavy atom. The predicted octanol–water partition coefficient (Wildman–Crippen LogP) is 1.26. The second kappa shape index (κ2) is 7.27. The highest BCUT2D eigenvalue weighted by atomic mass is 79.9. The summed E-state index contributed by atoms with van der Waals surface area (Å²) in [5.41, 5.74) is 0.0335. The van der Waals surface area contributed by atoms with Crippen LogP contribution in [-0.2, 0) is 22.9 Å². The molecule has 23 heavy (non-hydrogen) atoms. The van der Waals surface area contributed by atoms with Crippen molar-refractivity contribution in [3.05, 3.63) is 67.4 Å². The molecule has 0 radical (unpaired) electrons. The molecule has 0 N–H and O–H groups in total. The van der Waals surface area contributed by atoms with Gasteiger partial charge in [0, 0.05) is 19.0 Å². The summed E-state index contributed by atoms with van der Waals surface area (Å²) >= 11 is 3.16. The van der Waals surface area contributed by atoms with Gasteiger partial charge >= 0.3 is 5.69 Å². The quantitative estimate of drug-likeness (QED) is 0.730. The molecule has 1 heterocycles. The second-order valence-corrected chi connectivity index (χ2v) is 8.43. The third-order valence-corrected chi connectivity index (χ3v) is 4.86. The van der Waals surface area contributed by atoms with Gasteiger partial charge in [0.05, 0.1) is 16.8 Å². The number of benzene rings is 1. The maximum Gasteiger partial charge on any atom is 0.331 e. The van der Waals surface area contributed by atoms with Crippen molar-refractivity contribution in [3.63, 3.8) is 0 Å². The van der Waals surface area contributed by atoms with Crippen LogP contribution in [0.1, 0.15) is 12.0 Å². The Kier molecular flexibility index (Phi) is 5.59. The summed E-state index contributed by atoms with van der Waals surface area (Å²) < 4.78 is 25.1. The van der Waals surface area contributed by atoms with Crippen LogP contribution in [0.2, 0.25) is 0 Å². The Bertz CT molecular complexity index is 901. The van der Waals surface area contributed by atoms with E-state index in [-0.39, 0.29) is 23.2 Å². The summed E-state index contributed by atoms with van der Waals surface area (Å²) in [7, 11) is -3.12. The van der Waals surface area contributed by atoms with E-state index in [9.17, 15) is 18.0 Å². The SMILES string of the molecule is CS(=O)(=O)CCCn1c(=O)c(Br)cn(Cc2ccccc2)c1=O. The lowest BCUT2D eigenvalue weighted by Gasteiger charge is -2.11. The Balaban J connectivity index is 2.32. The second-order valence-electron chi connectivity index (χ2n) is 5.31. The minimum atomic E-state index is -3.12. The van der Waals surface area contributed by atoms with E-state index in [2.05, 4.69) is 15.9 Å². The monoisotopic (exact) mass is 400 g/mol. The summed E-state index contributed by atoms with van der Waals surface area (Å²) in [5, 5.41) is 0. The molecule has 0 atom stereocenters. The molecule has 124 valence electrons. The molecule has 0 saturated heterocycles. The third kappa shape index (κ3) is 4.90. The Hall–Kier alpha value is -1.67. The molecule has 0 fully saturated rings. The number of hydrogen-bond donors (Lipinski definition) is 0. The number of hydrogen-bond acceptors (Lipinski definition) is 4. The standard InChI is InChI=1S/C15H17BrN2O4S/c1-23(21,22)9-5-8-18-14(19)13(16)11-17(15(18)20)10-12-6-3-2-4-7-12/h2-4,6-7,11H,5,8-10H2,1H3. The molecule has 0 aliphatic heterocycles. The van der Waals surface area contributed by atoms with E-state index in [1.165, 1.54) is 10.8 Å². The highest BCUT2D eigenvalue weighted by Crippen LogP contribution is 2.04. The van der Waals surface area contributed by atoms with Crippen LogP contribution in [0.4, 0.5) is 0 Å². The third-order valence-electron chi connectivity index (χ3n) is 3.29. The fourth-order valence-electron chi connectivity index (χ4n) is 2.19. The van der Waals surface area contributed by atoms with Gasteiger partial charge < -0.3 is 0 Å². The lowest BCUT2D eigenvalue weighted by Crippen LogP contribution is -2.40. The van der Waals surface area contributed by atoms with Gasteiger partial charge in [-0.1, -0.05) is 30.3 Å². The number of aromatic nitrogens is 2. The maximum absolute atomic E-state index is 12.5. The van der Waals surface area contributed by atoms with Gasteiger partial charge in [-0.05, 0) is 27.9 Å². The zero-order valence-corrected chi connectivity index (χ0v) is 15.0. The van der Waals surface area contributed by atoms with Crippen LogP contribution in [0.25, 0.3) is 0 Å². The zero-order valence-electron chi connectivity index (χ0n) is 12.6. The van der Waals surface area contributed by atoms with Gasteiger partial charge in [0.2, 0.25) is 0 Å². The molecule has 2 rings (SSSR count). The lowest BCUT2D eigenvalue weighted by molar-refractivity contribution is 0.553. The maximum atomic E-state index is 12.5. The van der Waals surface area contributed by atoms with E-state index in [1.54, 1.807) is 0 Å². The molecule has 0 saturated carbocycles. The molecular formula is C15H17BrN2O4S. The van der Waals surface area contributed by atoms with Crippen LogP contribution >= 0.6 is 15.9 Å². The van der Waals surface area contributed by atoms with Gasteiger partial charge in [0.25, 0.3) is 5.56 Å². The van der Waals surface area contributed by atoms with Gasteiger partial charge in [-0.15, -0.1) is 0 Å². The van der Waals surface area contributed by atoms with Crippen molar-refractivity contribution in [2.24, 2.45) is 0 Å². The van der Waals surface area contributed by atoms with Crippen molar-refractivity contribution < 1.29 is 8.42 Å². The molecule has 1 aromatic carbocycles. The van der Waals surface area contributed by atoms with Crippen LogP contribution < -0.4 is 11.2 Å². The summed E-state index contributed by atoms with van der Waals surface area (Å²) in [6.07, 6.45) is 2.81. The Labute approximate surface area is 142 Å². The van der Waals surface area contributed by atoms with Crippen molar-refractivity contribution in [2.45, 2.75) is 19.5 Å². The van der Waals surface area contributed by atoms with Gasteiger partial charge in [0.1, 0.15) is 9.84 Å². The average Bonchev–Trinajstić information content (AvgIpc) is 2.48. The molecule has 0 bridgehead atoms. The minimum absolute atomic E-state index is 0.0654. The van der Waals surface area contributed by atoms with Crippen LogP contribution in [-0.4, -0.2) is 29.6 Å². The van der Waals surface area contributed by atoms with Crippen molar-refractivity contribution >= 4 is 25.8 Å². The van der Waals surface area contributed by atoms with E-state index in [1.807, 2.05) is 30.3 Å². The molecule has 2 aromatic rings. The highest BCUT2D eigenvalue weighted by molar-refractivity contribution is 9.10. The first-order valence-electron chi connectivity index (χ1n) is 6.99. The lowest BCUT2D eigenvalue weighted by atomic mass is 10.2. The van der Waals surface area contributed by atoms with Gasteiger partial charge in [-0.3, -0.25) is 13.9 Å². The minimum Gasteiger partial charge on any atom is -0.295 e. The largest absolute Gasteiger partial charge is 0.331 e. The fourth-order valence-corrected chi connectivity index (χ4v) is 3.31. The topological polar surface area (TPSA) is 78.1 Å². The highest BCUT2D eigenvalue weighted by Gasteiger charge is 2.11. The molecule has 0 aliphatic carbocycles. The van der Waals surface area contributed by atoms with Crippen LogP contribution in [0.15, 0.2) is 50.6 Å². The van der Waals surface area contributed by atoms with Crippen molar-refractivity contribution in [1.82, 2.24) is 9.13 Å². The normalized spacial score (nSPS) is 11.6. The molecular weight excluding hydrogens is 384 g/mol. The summed E-state index contributed by atoms with van der Waals surface area (Å²) in [6.45, 7) is 0.406. The van der Waals surface area contributed by atoms with E-state index in [4.69, 9.17) is 0 Å². The molecule has 8 heteroatoms. The van der Waals surface area contributed by atoms with E-state index < -0.39 is 21.1 Å². The number of nitrogens with zero attached hydrogens (tertiary/aromatic N) is 2. The van der Waals surface area contributed by atoms with Crippen LogP contribution in [0.5, 0.6) is 0 Å². The zero-order chi connectivity index (χ0) is 17.0. The smallest absolute Gasteiger partial charge is 0.295 e. The molecule has 6 nitrogen and oxygen atoms in total. The van der Waals surface area contributed by atoms with E-state index in [0.717, 1.165) is 16.4 Å². The van der Waals surface area contributed by atoms with Gasteiger partial charge in [-0.2, -0.15) is 0 Å². The van der Waals surface area contributed by atoms with Gasteiger partial charge in [0.15, 0.2) is 0 Å². The number of halogens is 1. The number of sulfone groups is 1. The average molecular weight is 401 g/mol. The molecule has 0 amide bonds. The van der Waals surface area contributed by atoms with Crippen LogP contribution in [0, 0.1) is 0 Å². The van der Waals surface area contributed by atoms with E-state index >= 15 is 0 Å². The Morgan fingerprint density at radius 3 is 2.39 bits per heavy atom. The van der Waals surface area contributed by atoms with Crippen LogP contribution in [0.3, 0.4) is 0 Å². The van der Waals surface area contributed by atoms with Gasteiger partial charge in [-0.25, -0.2) is 13.2 Å². The number of rotatable bonds is 6. The summed E-state index contributed by atoms with van der Waals surface area (Å²) in [6, 6.07) is 9.41. The first-order valence-corrected chi connectivity index (χ1v) is 9.85. The van der Waals surface area contributed by atoms with E-state index in [0.29, 0.717) is 6.54 Å². The molecule has 0 unspecified atom stereocenters. The molecule has 0 spiro atoms. The van der Waals surface area contributed by atoms with Crippen molar-refractivity contribution in [1.29, 1.82) is 0 Å². The fraction of sp³-hybridized carbons (Fsp3) is 0.333. The molecule has 1 aromatic heterocycles. The first kappa shape index (κ1) is 17.7. The van der Waals surface area contributed by atoms with Crippen molar-refractivity contribution in [2.75, 3.05) is 12.0 Å².